The molecule has 2 atom stereocenters. The number of ether oxygens (including phenoxy) is 1. The Morgan fingerprint density at radius 3 is 2.40 bits per heavy atom. The molecule has 0 fully saturated rings. The lowest BCUT2D eigenvalue weighted by molar-refractivity contribution is 0.0337. The van der Waals surface area contributed by atoms with Crippen molar-refractivity contribution < 1.29 is 17.4 Å². The van der Waals surface area contributed by atoms with Gasteiger partial charge in [-0.1, -0.05) is 36.4 Å². The fourth-order valence-electron chi connectivity index (χ4n) is 1.79. The SMILES string of the molecule is [2H][C@](C)(OC(=O)c1ccccc1)c1cccc([C@]([2H])(C)O)c1. The summed E-state index contributed by atoms with van der Waals surface area (Å²) in [4.78, 5) is 12.1. The lowest BCUT2D eigenvalue weighted by atomic mass is 10.0. The van der Waals surface area contributed by atoms with Crippen molar-refractivity contribution in [1.29, 1.82) is 0 Å². The van der Waals surface area contributed by atoms with E-state index in [0.717, 1.165) is 0 Å². The zero-order valence-electron chi connectivity index (χ0n) is 13.5. The highest BCUT2D eigenvalue weighted by Crippen LogP contribution is 2.22. The summed E-state index contributed by atoms with van der Waals surface area (Å²) in [5, 5.41) is 9.74. The summed E-state index contributed by atoms with van der Waals surface area (Å²) < 4.78 is 21.2. The molecular formula is C17H18O3. The third kappa shape index (κ3) is 3.45. The Morgan fingerprint density at radius 2 is 1.75 bits per heavy atom. The predicted molar refractivity (Wildman–Crippen MR) is 77.3 cm³/mol. The molecule has 2 aromatic carbocycles. The Balaban J connectivity index is 2.25. The molecule has 0 aliphatic rings. The van der Waals surface area contributed by atoms with E-state index in [4.69, 9.17) is 7.48 Å². The van der Waals surface area contributed by atoms with E-state index < -0.39 is 18.1 Å². The molecule has 0 unspecified atom stereocenters. The molecule has 2 aromatic rings. The summed E-state index contributed by atoms with van der Waals surface area (Å²) >= 11 is 0. The number of benzene rings is 2. The number of aliphatic hydroxyl groups is 1. The van der Waals surface area contributed by atoms with Crippen LogP contribution in [0.3, 0.4) is 0 Å². The van der Waals surface area contributed by atoms with Crippen molar-refractivity contribution in [3.63, 3.8) is 0 Å². The molecule has 0 spiro atoms. The third-order valence-electron chi connectivity index (χ3n) is 2.94. The highest BCUT2D eigenvalue weighted by molar-refractivity contribution is 5.89. The molecule has 20 heavy (non-hydrogen) atoms. The Kier molecular flexibility index (Phi) is 3.71. The summed E-state index contributed by atoms with van der Waals surface area (Å²) in [6.07, 6.45) is -3.39. The monoisotopic (exact) mass is 272 g/mol. The molecule has 104 valence electrons. The fraction of sp³-hybridized carbons (Fsp3) is 0.235. The zero-order chi connectivity index (χ0) is 16.4. The maximum absolute atomic E-state index is 12.1. The Labute approximate surface area is 121 Å². The number of hydrogen-bond donors (Lipinski definition) is 1. The summed E-state index contributed by atoms with van der Waals surface area (Å²) in [6.45, 7) is 2.79. The smallest absolute Gasteiger partial charge is 0.338 e. The quantitative estimate of drug-likeness (QED) is 0.864. The van der Waals surface area contributed by atoms with Crippen LogP contribution >= 0.6 is 0 Å². The molecule has 0 aliphatic heterocycles. The number of rotatable bonds is 4. The highest BCUT2D eigenvalue weighted by Gasteiger charge is 2.14. The first kappa shape index (κ1) is 11.7. The van der Waals surface area contributed by atoms with Gasteiger partial charge in [-0.2, -0.15) is 0 Å². The standard InChI is InChI=1S/C17H18O3/c1-12(18)15-9-6-10-16(11-15)13(2)20-17(19)14-7-4-3-5-8-14/h3-13,18H,1-2H3/t12-,13+/m0/s1/i12D,13D. The average molecular weight is 272 g/mol. The summed E-state index contributed by atoms with van der Waals surface area (Å²) in [5.41, 5.74) is 1.09. The fourth-order valence-corrected chi connectivity index (χ4v) is 1.79. The molecule has 0 bridgehead atoms. The highest BCUT2D eigenvalue weighted by atomic mass is 16.5. The van der Waals surface area contributed by atoms with Gasteiger partial charge in [0.25, 0.3) is 0 Å². The number of hydrogen-bond acceptors (Lipinski definition) is 3. The van der Waals surface area contributed by atoms with Crippen molar-refractivity contribution in [2.75, 3.05) is 0 Å². The van der Waals surface area contributed by atoms with Gasteiger partial charge in [-0.3, -0.25) is 0 Å². The van der Waals surface area contributed by atoms with Crippen molar-refractivity contribution in [1.82, 2.24) is 0 Å². The molecule has 0 aromatic heterocycles. The van der Waals surface area contributed by atoms with Gasteiger partial charge in [0.1, 0.15) is 6.08 Å². The van der Waals surface area contributed by atoms with Crippen LogP contribution in [0.25, 0.3) is 0 Å². The summed E-state index contributed by atoms with van der Waals surface area (Å²) in [7, 11) is 0. The maximum atomic E-state index is 12.1. The lowest BCUT2D eigenvalue weighted by Gasteiger charge is -2.15. The van der Waals surface area contributed by atoms with Crippen molar-refractivity contribution in [2.45, 2.75) is 26.0 Å². The minimum absolute atomic E-state index is 0.333. The Morgan fingerprint density at radius 1 is 1.10 bits per heavy atom. The maximum Gasteiger partial charge on any atom is 0.338 e. The first-order valence-electron chi connectivity index (χ1n) is 7.32. The van der Waals surface area contributed by atoms with Crippen LogP contribution < -0.4 is 0 Å². The molecule has 0 amide bonds. The molecule has 0 saturated heterocycles. The van der Waals surface area contributed by atoms with Crippen LogP contribution in [0.1, 0.15) is 50.2 Å². The van der Waals surface area contributed by atoms with Crippen LogP contribution in [0.15, 0.2) is 54.6 Å². The van der Waals surface area contributed by atoms with Crippen molar-refractivity contribution in [2.24, 2.45) is 0 Å². The second-order valence-electron chi connectivity index (χ2n) is 4.48. The van der Waals surface area contributed by atoms with Gasteiger partial charge in [0.05, 0.1) is 14.4 Å². The van der Waals surface area contributed by atoms with Crippen molar-refractivity contribution in [3.05, 3.63) is 71.3 Å². The molecular weight excluding hydrogens is 252 g/mol. The van der Waals surface area contributed by atoms with E-state index in [9.17, 15) is 9.90 Å². The van der Waals surface area contributed by atoms with Gasteiger partial charge in [-0.05, 0) is 43.2 Å². The second-order valence-corrected chi connectivity index (χ2v) is 4.48. The molecule has 3 heteroatoms. The van der Waals surface area contributed by atoms with Gasteiger partial charge < -0.3 is 9.84 Å². The first-order valence-corrected chi connectivity index (χ1v) is 6.32. The molecule has 1 N–H and O–H groups in total. The minimum atomic E-state index is -1.77. The normalized spacial score (nSPS) is 18.1. The van der Waals surface area contributed by atoms with Gasteiger partial charge in [-0.25, -0.2) is 4.79 Å². The van der Waals surface area contributed by atoms with E-state index in [0.29, 0.717) is 16.7 Å². The van der Waals surface area contributed by atoms with Crippen molar-refractivity contribution in [3.8, 4) is 0 Å². The van der Waals surface area contributed by atoms with Gasteiger partial charge in [-0.15, -0.1) is 0 Å². The first-order chi connectivity index (χ1) is 10.2. The number of carbonyl (C=O) groups is 1. The van der Waals surface area contributed by atoms with Crippen LogP contribution in [0.4, 0.5) is 0 Å². The zero-order valence-corrected chi connectivity index (χ0v) is 11.5. The number of esters is 1. The van der Waals surface area contributed by atoms with E-state index in [1.165, 1.54) is 19.9 Å². The van der Waals surface area contributed by atoms with Crippen molar-refractivity contribution >= 4 is 5.97 Å². The molecule has 0 heterocycles. The van der Waals surface area contributed by atoms with Crippen LogP contribution in [0, 0.1) is 0 Å². The van der Waals surface area contributed by atoms with E-state index in [1.54, 1.807) is 48.5 Å². The van der Waals surface area contributed by atoms with Crippen LogP contribution in [-0.4, -0.2) is 11.1 Å². The molecule has 0 saturated carbocycles. The van der Waals surface area contributed by atoms with Gasteiger partial charge >= 0.3 is 5.97 Å². The largest absolute Gasteiger partial charge is 0.454 e. The summed E-state index contributed by atoms with van der Waals surface area (Å²) in [5.74, 6) is -0.596. The van der Waals surface area contributed by atoms with Gasteiger partial charge in [0, 0.05) is 0 Å². The topological polar surface area (TPSA) is 46.5 Å². The minimum Gasteiger partial charge on any atom is -0.454 e. The Hall–Kier alpha value is -2.13. The van der Waals surface area contributed by atoms with E-state index in [-0.39, 0.29) is 0 Å². The third-order valence-corrected chi connectivity index (χ3v) is 2.94. The summed E-state index contributed by atoms with van der Waals surface area (Å²) in [6, 6.07) is 14.8. The second kappa shape index (κ2) is 6.35. The molecule has 0 radical (unpaired) electrons. The van der Waals surface area contributed by atoms with E-state index in [1.807, 2.05) is 0 Å². The van der Waals surface area contributed by atoms with Crippen LogP contribution in [-0.2, 0) is 4.74 Å². The predicted octanol–water partition coefficient (Wildman–Crippen LogP) is 3.66. The Bertz CT molecular complexity index is 661. The van der Waals surface area contributed by atoms with E-state index >= 15 is 0 Å². The van der Waals surface area contributed by atoms with Gasteiger partial charge in [0.2, 0.25) is 0 Å². The van der Waals surface area contributed by atoms with Crippen LogP contribution in [0.5, 0.6) is 0 Å². The molecule has 3 nitrogen and oxygen atoms in total. The van der Waals surface area contributed by atoms with Crippen LogP contribution in [0.2, 0.25) is 0 Å². The lowest BCUT2D eigenvalue weighted by Crippen LogP contribution is -2.09. The van der Waals surface area contributed by atoms with Gasteiger partial charge in [0.15, 0.2) is 0 Å². The molecule has 0 aliphatic carbocycles. The molecule has 2 rings (SSSR count). The number of carbonyl (C=O) groups excluding carboxylic acids is 1. The average Bonchev–Trinajstić information content (AvgIpc) is 2.47. The van der Waals surface area contributed by atoms with E-state index in [2.05, 4.69) is 0 Å².